The number of hydrogen-bond acceptors (Lipinski definition) is 3. The molecular weight excluding hydrogens is 268 g/mol. The quantitative estimate of drug-likeness (QED) is 0.845. The Morgan fingerprint density at radius 2 is 2.05 bits per heavy atom. The summed E-state index contributed by atoms with van der Waals surface area (Å²) in [7, 11) is 0. The summed E-state index contributed by atoms with van der Waals surface area (Å²) in [4.78, 5) is 26.5. The lowest BCUT2D eigenvalue weighted by Crippen LogP contribution is -2.13. The fourth-order valence-electron chi connectivity index (χ4n) is 1.84. The zero-order valence-electron chi connectivity index (χ0n) is 11.4. The second-order valence-electron chi connectivity index (χ2n) is 4.47. The van der Waals surface area contributed by atoms with Crippen LogP contribution in [-0.4, -0.2) is 22.0 Å². The Morgan fingerprint density at radius 1 is 1.24 bits per heavy atom. The molecule has 0 radical (unpaired) electrons. The number of benzene rings is 1. The van der Waals surface area contributed by atoms with Gasteiger partial charge in [-0.15, -0.1) is 0 Å². The highest BCUT2D eigenvalue weighted by Gasteiger charge is 2.07. The molecule has 1 heterocycles. The van der Waals surface area contributed by atoms with Gasteiger partial charge in [0.2, 0.25) is 0 Å². The number of carbonyl (C=O) groups excluding carboxylic acids is 1. The predicted molar refractivity (Wildman–Crippen MR) is 80.0 cm³/mol. The number of carbonyl (C=O) groups is 2. The molecule has 21 heavy (non-hydrogen) atoms. The molecule has 2 N–H and O–H groups in total. The molecule has 5 nitrogen and oxygen atoms in total. The van der Waals surface area contributed by atoms with Crippen molar-refractivity contribution in [2.24, 2.45) is 0 Å². The third-order valence-corrected chi connectivity index (χ3v) is 2.67. The molecule has 0 saturated carbocycles. The van der Waals surface area contributed by atoms with Crippen LogP contribution in [0.3, 0.4) is 0 Å². The van der Waals surface area contributed by atoms with Gasteiger partial charge in [-0.25, -0.2) is 4.79 Å². The fourth-order valence-corrected chi connectivity index (χ4v) is 1.84. The van der Waals surface area contributed by atoms with Gasteiger partial charge in [0, 0.05) is 18.0 Å². The van der Waals surface area contributed by atoms with Gasteiger partial charge in [-0.3, -0.25) is 9.78 Å². The highest BCUT2D eigenvalue weighted by molar-refractivity contribution is 6.03. The summed E-state index contributed by atoms with van der Waals surface area (Å²) in [5.74, 6) is -1.33. The van der Waals surface area contributed by atoms with Gasteiger partial charge in [-0.05, 0) is 48.4 Å². The largest absolute Gasteiger partial charge is 0.478 e. The van der Waals surface area contributed by atoms with Gasteiger partial charge in [0.25, 0.3) is 5.91 Å². The summed E-state index contributed by atoms with van der Waals surface area (Å²) < 4.78 is 0. The van der Waals surface area contributed by atoms with Gasteiger partial charge in [-0.1, -0.05) is 12.1 Å². The van der Waals surface area contributed by atoms with Crippen molar-refractivity contribution in [2.75, 3.05) is 5.32 Å². The number of pyridine rings is 1. The maximum absolute atomic E-state index is 12.0. The Balaban J connectivity index is 2.20. The van der Waals surface area contributed by atoms with Crippen molar-refractivity contribution in [1.82, 2.24) is 4.98 Å². The van der Waals surface area contributed by atoms with E-state index in [0.29, 0.717) is 16.9 Å². The fraction of sp³-hybridized carbons (Fsp3) is 0.0625. The molecule has 1 amide bonds. The van der Waals surface area contributed by atoms with Crippen LogP contribution in [-0.2, 0) is 4.79 Å². The lowest BCUT2D eigenvalue weighted by Gasteiger charge is -2.07. The molecule has 106 valence electrons. The minimum absolute atomic E-state index is 0.311. The third-order valence-electron chi connectivity index (χ3n) is 2.67. The zero-order valence-corrected chi connectivity index (χ0v) is 11.4. The number of aliphatic carboxylic acids is 1. The molecule has 0 unspecified atom stereocenters. The molecule has 0 aliphatic rings. The Bertz CT molecular complexity index is 694. The number of carboxylic acids is 1. The van der Waals surface area contributed by atoms with E-state index in [-0.39, 0.29) is 5.91 Å². The SMILES string of the molecule is Cc1cc(/C=C/C(=O)O)cc(NC(=O)c2ccccn2)c1. The van der Waals surface area contributed by atoms with Gasteiger partial charge in [0.1, 0.15) is 5.69 Å². The lowest BCUT2D eigenvalue weighted by atomic mass is 10.1. The maximum atomic E-state index is 12.0. The van der Waals surface area contributed by atoms with Crippen LogP contribution in [0, 0.1) is 6.92 Å². The minimum Gasteiger partial charge on any atom is -0.478 e. The topological polar surface area (TPSA) is 79.3 Å². The van der Waals surface area contributed by atoms with Crippen molar-refractivity contribution >= 4 is 23.6 Å². The van der Waals surface area contributed by atoms with Gasteiger partial charge in [0.15, 0.2) is 0 Å². The number of carboxylic acid groups (broad SMARTS) is 1. The highest BCUT2D eigenvalue weighted by atomic mass is 16.4. The Labute approximate surface area is 122 Å². The van der Waals surface area contributed by atoms with Crippen molar-refractivity contribution in [3.63, 3.8) is 0 Å². The molecule has 1 aromatic carbocycles. The molecule has 5 heteroatoms. The molecule has 2 aromatic rings. The third kappa shape index (κ3) is 4.28. The van der Waals surface area contributed by atoms with E-state index in [1.165, 1.54) is 6.08 Å². The Morgan fingerprint density at radius 3 is 2.71 bits per heavy atom. The standard InChI is InChI=1S/C16H14N2O3/c1-11-8-12(5-6-15(19)20)10-13(9-11)18-16(21)14-4-2-3-7-17-14/h2-10H,1H3,(H,18,21)(H,19,20)/b6-5+. The number of rotatable bonds is 4. The number of nitrogens with one attached hydrogen (secondary N) is 1. The van der Waals surface area contributed by atoms with Crippen molar-refractivity contribution in [3.05, 3.63) is 65.5 Å². The second-order valence-corrected chi connectivity index (χ2v) is 4.47. The number of aryl methyl sites for hydroxylation is 1. The van der Waals surface area contributed by atoms with Crippen molar-refractivity contribution in [3.8, 4) is 0 Å². The van der Waals surface area contributed by atoms with Crippen molar-refractivity contribution in [2.45, 2.75) is 6.92 Å². The first-order chi connectivity index (χ1) is 10.0. The minimum atomic E-state index is -1.02. The molecular formula is C16H14N2O3. The molecule has 2 rings (SSSR count). The van der Waals surface area contributed by atoms with Crippen LogP contribution in [0.1, 0.15) is 21.6 Å². The normalized spacial score (nSPS) is 10.5. The van der Waals surface area contributed by atoms with E-state index in [2.05, 4.69) is 10.3 Å². The predicted octanol–water partition coefficient (Wildman–Crippen LogP) is 2.74. The van der Waals surface area contributed by atoms with E-state index in [1.54, 1.807) is 36.5 Å². The summed E-state index contributed by atoms with van der Waals surface area (Å²) in [5.41, 5.74) is 2.53. The van der Waals surface area contributed by atoms with E-state index >= 15 is 0 Å². The maximum Gasteiger partial charge on any atom is 0.328 e. The molecule has 1 aromatic heterocycles. The smallest absolute Gasteiger partial charge is 0.328 e. The lowest BCUT2D eigenvalue weighted by molar-refractivity contribution is -0.131. The van der Waals surface area contributed by atoms with E-state index in [0.717, 1.165) is 11.6 Å². The number of amides is 1. The summed E-state index contributed by atoms with van der Waals surface area (Å²) in [6.07, 6.45) is 4.08. The van der Waals surface area contributed by atoms with Crippen LogP contribution in [0.5, 0.6) is 0 Å². The highest BCUT2D eigenvalue weighted by Crippen LogP contribution is 2.16. The van der Waals surface area contributed by atoms with Crippen LogP contribution in [0.25, 0.3) is 6.08 Å². The number of hydrogen-bond donors (Lipinski definition) is 2. The second kappa shape index (κ2) is 6.47. The Kier molecular flexibility index (Phi) is 4.46. The van der Waals surface area contributed by atoms with Crippen LogP contribution in [0.2, 0.25) is 0 Å². The summed E-state index contributed by atoms with van der Waals surface area (Å²) in [6.45, 7) is 1.87. The van der Waals surface area contributed by atoms with E-state index in [1.807, 2.05) is 13.0 Å². The van der Waals surface area contributed by atoms with Gasteiger partial charge in [-0.2, -0.15) is 0 Å². The average molecular weight is 282 g/mol. The van der Waals surface area contributed by atoms with E-state index < -0.39 is 5.97 Å². The van der Waals surface area contributed by atoms with Crippen LogP contribution >= 0.6 is 0 Å². The molecule has 0 saturated heterocycles. The Hall–Kier alpha value is -2.95. The van der Waals surface area contributed by atoms with Crippen molar-refractivity contribution in [1.29, 1.82) is 0 Å². The summed E-state index contributed by atoms with van der Waals surface area (Å²) >= 11 is 0. The van der Waals surface area contributed by atoms with Crippen LogP contribution in [0.4, 0.5) is 5.69 Å². The average Bonchev–Trinajstić information content (AvgIpc) is 2.45. The first-order valence-electron chi connectivity index (χ1n) is 6.30. The molecule has 0 spiro atoms. The summed E-state index contributed by atoms with van der Waals surface area (Å²) in [5, 5.41) is 11.4. The number of anilines is 1. The molecule has 0 aliphatic carbocycles. The molecule has 0 bridgehead atoms. The first-order valence-corrected chi connectivity index (χ1v) is 6.30. The van der Waals surface area contributed by atoms with Crippen molar-refractivity contribution < 1.29 is 14.7 Å². The van der Waals surface area contributed by atoms with Gasteiger partial charge < -0.3 is 10.4 Å². The monoisotopic (exact) mass is 282 g/mol. The summed E-state index contributed by atoms with van der Waals surface area (Å²) in [6, 6.07) is 10.4. The molecule has 0 fully saturated rings. The van der Waals surface area contributed by atoms with Crippen LogP contribution in [0.15, 0.2) is 48.7 Å². The number of nitrogens with zero attached hydrogens (tertiary/aromatic N) is 1. The van der Waals surface area contributed by atoms with E-state index in [9.17, 15) is 9.59 Å². The van der Waals surface area contributed by atoms with Gasteiger partial charge >= 0.3 is 5.97 Å². The molecule has 0 aliphatic heterocycles. The molecule has 0 atom stereocenters. The van der Waals surface area contributed by atoms with E-state index in [4.69, 9.17) is 5.11 Å². The number of aromatic nitrogens is 1. The van der Waals surface area contributed by atoms with Crippen LogP contribution < -0.4 is 5.32 Å². The first kappa shape index (κ1) is 14.5. The van der Waals surface area contributed by atoms with Gasteiger partial charge in [0.05, 0.1) is 0 Å². The zero-order chi connectivity index (χ0) is 15.2.